The van der Waals surface area contributed by atoms with Crippen LogP contribution in [0.15, 0.2) is 36.4 Å². The summed E-state index contributed by atoms with van der Waals surface area (Å²) in [5.74, 6) is 0. The normalized spacial score (nSPS) is 10.3. The van der Waals surface area contributed by atoms with Crippen LogP contribution in [0.3, 0.4) is 0 Å². The Kier molecular flexibility index (Phi) is 3.56. The van der Waals surface area contributed by atoms with Crippen molar-refractivity contribution in [3.63, 3.8) is 0 Å². The lowest BCUT2D eigenvalue weighted by Gasteiger charge is -2.15. The van der Waals surface area contributed by atoms with Gasteiger partial charge in [0.2, 0.25) is 0 Å². The molecule has 0 atom stereocenters. The second-order valence-electron chi connectivity index (χ2n) is 4.75. The Bertz CT molecular complexity index is 609. The molecule has 2 rings (SSSR count). The molecule has 98 valence electrons. The van der Waals surface area contributed by atoms with Crippen LogP contribution in [0, 0.1) is 20.8 Å². The molecule has 2 aromatic rings. The van der Waals surface area contributed by atoms with Crippen molar-refractivity contribution in [1.29, 1.82) is 0 Å². The van der Waals surface area contributed by atoms with Gasteiger partial charge in [-0.1, -0.05) is 35.9 Å². The molecule has 0 fully saturated rings. The monoisotopic (exact) mass is 255 g/mol. The lowest BCUT2D eigenvalue weighted by molar-refractivity contribution is 0.210. The highest BCUT2D eigenvalue weighted by Gasteiger charge is 2.11. The number of anilines is 1. The summed E-state index contributed by atoms with van der Waals surface area (Å²) in [7, 11) is 0. The minimum atomic E-state index is -1.05. The second kappa shape index (κ2) is 5.14. The maximum atomic E-state index is 10.9. The third-order valence-electron chi connectivity index (χ3n) is 3.12. The zero-order chi connectivity index (χ0) is 14.0. The molecule has 0 bridgehead atoms. The van der Waals surface area contributed by atoms with Crippen LogP contribution in [-0.4, -0.2) is 11.2 Å². The highest BCUT2D eigenvalue weighted by Crippen LogP contribution is 2.33. The van der Waals surface area contributed by atoms with Crippen LogP contribution in [0.4, 0.5) is 10.5 Å². The first-order valence-electron chi connectivity index (χ1n) is 6.16. The zero-order valence-electron chi connectivity index (χ0n) is 11.3. The third kappa shape index (κ3) is 2.76. The van der Waals surface area contributed by atoms with E-state index in [0.717, 1.165) is 22.3 Å². The molecule has 2 aromatic carbocycles. The van der Waals surface area contributed by atoms with Crippen LogP contribution in [0.2, 0.25) is 0 Å². The van der Waals surface area contributed by atoms with Gasteiger partial charge in [0, 0.05) is 5.56 Å². The molecule has 0 saturated heterocycles. The van der Waals surface area contributed by atoms with Crippen LogP contribution in [0.25, 0.3) is 11.1 Å². The molecule has 0 aliphatic carbocycles. The number of hydrogen-bond donors (Lipinski definition) is 2. The molecule has 0 spiro atoms. The van der Waals surface area contributed by atoms with E-state index >= 15 is 0 Å². The van der Waals surface area contributed by atoms with E-state index in [4.69, 9.17) is 5.11 Å². The van der Waals surface area contributed by atoms with Gasteiger partial charge in [0.1, 0.15) is 0 Å². The molecule has 3 nitrogen and oxygen atoms in total. The minimum Gasteiger partial charge on any atom is -0.465 e. The Labute approximate surface area is 112 Å². The van der Waals surface area contributed by atoms with Gasteiger partial charge in [0.15, 0.2) is 0 Å². The Hall–Kier alpha value is -2.29. The molecule has 0 unspecified atom stereocenters. The van der Waals surface area contributed by atoms with Crippen molar-refractivity contribution in [2.24, 2.45) is 0 Å². The average Bonchev–Trinajstić information content (AvgIpc) is 2.29. The van der Waals surface area contributed by atoms with Gasteiger partial charge < -0.3 is 5.11 Å². The maximum Gasteiger partial charge on any atom is 0.409 e. The van der Waals surface area contributed by atoms with Crippen molar-refractivity contribution in [3.05, 3.63) is 53.1 Å². The van der Waals surface area contributed by atoms with Gasteiger partial charge in [-0.25, -0.2) is 4.79 Å². The molecule has 0 aromatic heterocycles. The maximum absolute atomic E-state index is 10.9. The number of hydrogen-bond acceptors (Lipinski definition) is 1. The number of amides is 1. The van der Waals surface area contributed by atoms with Gasteiger partial charge in [-0.15, -0.1) is 0 Å². The fourth-order valence-corrected chi connectivity index (χ4v) is 2.53. The van der Waals surface area contributed by atoms with E-state index < -0.39 is 6.09 Å². The van der Waals surface area contributed by atoms with E-state index in [-0.39, 0.29) is 0 Å². The highest BCUT2D eigenvalue weighted by molar-refractivity contribution is 5.91. The van der Waals surface area contributed by atoms with Gasteiger partial charge in [-0.3, -0.25) is 5.32 Å². The van der Waals surface area contributed by atoms with Gasteiger partial charge in [0.25, 0.3) is 0 Å². The number of aryl methyl sites for hydroxylation is 3. The van der Waals surface area contributed by atoms with Crippen LogP contribution in [-0.2, 0) is 0 Å². The highest BCUT2D eigenvalue weighted by atomic mass is 16.4. The average molecular weight is 255 g/mol. The van der Waals surface area contributed by atoms with E-state index in [1.807, 2.05) is 32.0 Å². The summed E-state index contributed by atoms with van der Waals surface area (Å²) in [5, 5.41) is 11.4. The van der Waals surface area contributed by atoms with Gasteiger partial charge in [-0.05, 0) is 43.5 Å². The number of rotatable bonds is 2. The fourth-order valence-electron chi connectivity index (χ4n) is 2.53. The third-order valence-corrected chi connectivity index (χ3v) is 3.12. The van der Waals surface area contributed by atoms with Crippen molar-refractivity contribution in [3.8, 4) is 11.1 Å². The molecule has 0 aliphatic heterocycles. The lowest BCUT2D eigenvalue weighted by atomic mass is 9.93. The van der Waals surface area contributed by atoms with Crippen LogP contribution in [0.1, 0.15) is 16.7 Å². The first kappa shape index (κ1) is 13.1. The van der Waals surface area contributed by atoms with Gasteiger partial charge in [0.05, 0.1) is 5.69 Å². The summed E-state index contributed by atoms with van der Waals surface area (Å²) in [6, 6.07) is 11.7. The van der Waals surface area contributed by atoms with Crippen molar-refractivity contribution in [2.45, 2.75) is 20.8 Å². The molecular weight excluding hydrogens is 238 g/mol. The second-order valence-corrected chi connectivity index (χ2v) is 4.75. The van der Waals surface area contributed by atoms with Gasteiger partial charge in [-0.2, -0.15) is 0 Å². The van der Waals surface area contributed by atoms with Crippen molar-refractivity contribution in [1.82, 2.24) is 0 Å². The van der Waals surface area contributed by atoms with Crippen LogP contribution >= 0.6 is 0 Å². The summed E-state index contributed by atoms with van der Waals surface area (Å²) in [6.07, 6.45) is -1.05. The Morgan fingerprint density at radius 1 is 1.05 bits per heavy atom. The van der Waals surface area contributed by atoms with E-state index in [0.29, 0.717) is 5.69 Å². The minimum absolute atomic E-state index is 0.616. The van der Waals surface area contributed by atoms with Gasteiger partial charge >= 0.3 is 6.09 Å². The summed E-state index contributed by atoms with van der Waals surface area (Å²) >= 11 is 0. The molecule has 0 aliphatic rings. The topological polar surface area (TPSA) is 49.3 Å². The molecule has 1 amide bonds. The number of carbonyl (C=O) groups is 1. The molecule has 2 N–H and O–H groups in total. The smallest absolute Gasteiger partial charge is 0.409 e. The fraction of sp³-hybridized carbons (Fsp3) is 0.188. The molecule has 0 heterocycles. The van der Waals surface area contributed by atoms with E-state index in [1.54, 1.807) is 6.07 Å². The Balaban J connectivity index is 2.62. The summed E-state index contributed by atoms with van der Waals surface area (Å²) in [5.41, 5.74) is 6.14. The van der Waals surface area contributed by atoms with Crippen molar-refractivity contribution in [2.75, 3.05) is 5.32 Å². The van der Waals surface area contributed by atoms with Crippen molar-refractivity contribution >= 4 is 11.8 Å². The lowest BCUT2D eigenvalue weighted by Crippen LogP contribution is -2.08. The standard InChI is InChI=1S/C16H17NO2/c1-10-8-11(2)15(12(3)9-10)13-6-4-5-7-14(13)17-16(18)19/h4-9,17H,1-3H3,(H,18,19). The predicted molar refractivity (Wildman–Crippen MR) is 77.7 cm³/mol. The van der Waals surface area contributed by atoms with Crippen molar-refractivity contribution < 1.29 is 9.90 Å². The zero-order valence-corrected chi connectivity index (χ0v) is 11.3. The summed E-state index contributed by atoms with van der Waals surface area (Å²) in [6.45, 7) is 6.16. The number of benzene rings is 2. The number of nitrogens with one attached hydrogen (secondary N) is 1. The first-order chi connectivity index (χ1) is 8.99. The quantitative estimate of drug-likeness (QED) is 0.837. The summed E-state index contributed by atoms with van der Waals surface area (Å²) < 4.78 is 0. The van der Waals surface area contributed by atoms with E-state index in [1.165, 1.54) is 5.56 Å². The molecule has 19 heavy (non-hydrogen) atoms. The van der Waals surface area contributed by atoms with E-state index in [2.05, 4.69) is 24.4 Å². The number of para-hydroxylation sites is 1. The molecular formula is C16H17NO2. The Morgan fingerprint density at radius 3 is 2.21 bits per heavy atom. The number of carboxylic acid groups (broad SMARTS) is 1. The predicted octanol–water partition coefficient (Wildman–Crippen LogP) is 4.37. The Morgan fingerprint density at radius 2 is 1.63 bits per heavy atom. The van der Waals surface area contributed by atoms with Crippen LogP contribution in [0.5, 0.6) is 0 Å². The van der Waals surface area contributed by atoms with E-state index in [9.17, 15) is 4.79 Å². The molecule has 0 radical (unpaired) electrons. The molecule has 0 saturated carbocycles. The molecule has 3 heteroatoms. The SMILES string of the molecule is Cc1cc(C)c(-c2ccccc2NC(=O)O)c(C)c1. The largest absolute Gasteiger partial charge is 0.465 e. The first-order valence-corrected chi connectivity index (χ1v) is 6.16. The summed E-state index contributed by atoms with van der Waals surface area (Å²) in [4.78, 5) is 10.9. The van der Waals surface area contributed by atoms with Crippen LogP contribution < -0.4 is 5.32 Å².